The van der Waals surface area contributed by atoms with E-state index >= 15 is 0 Å². The van der Waals surface area contributed by atoms with E-state index in [1.807, 2.05) is 11.8 Å². The van der Waals surface area contributed by atoms with Crippen LogP contribution in [0.25, 0.3) is 0 Å². The molecule has 1 aromatic rings. The molecule has 0 amide bonds. The predicted molar refractivity (Wildman–Crippen MR) is 73.7 cm³/mol. The van der Waals surface area contributed by atoms with Gasteiger partial charge in [-0.15, -0.1) is 0 Å². The second-order valence-corrected chi connectivity index (χ2v) is 7.22. The fourth-order valence-electron chi connectivity index (χ4n) is 2.62. The van der Waals surface area contributed by atoms with Crippen LogP contribution in [0.5, 0.6) is 0 Å². The Morgan fingerprint density at radius 1 is 1.29 bits per heavy atom. The topological polar surface area (TPSA) is 63.4 Å². The molecule has 0 aromatic heterocycles. The van der Waals surface area contributed by atoms with Gasteiger partial charge in [0, 0.05) is 18.3 Å². The zero-order chi connectivity index (χ0) is 15.8. The molecule has 8 heteroatoms. The molecular weight excluding hydrogens is 305 g/mol. The van der Waals surface area contributed by atoms with Gasteiger partial charge in [-0.05, 0) is 50.1 Å². The number of rotatable bonds is 3. The second-order valence-electron chi connectivity index (χ2n) is 5.28. The van der Waals surface area contributed by atoms with Crippen molar-refractivity contribution in [3.8, 4) is 0 Å². The van der Waals surface area contributed by atoms with Gasteiger partial charge in [0.25, 0.3) is 9.84 Å². The minimum absolute atomic E-state index is 0.226. The molecule has 2 unspecified atom stereocenters. The SMILES string of the molecule is CC1CC(CN)CN1c1ccc(S(=O)(=O)C(F)(F)F)cc1. The van der Waals surface area contributed by atoms with Gasteiger partial charge >= 0.3 is 5.51 Å². The van der Waals surface area contributed by atoms with Crippen LogP contribution >= 0.6 is 0 Å². The summed E-state index contributed by atoms with van der Waals surface area (Å²) in [7, 11) is -5.28. The maximum Gasteiger partial charge on any atom is 0.501 e. The molecular formula is C13H17F3N2O2S. The van der Waals surface area contributed by atoms with Crippen LogP contribution in [0, 0.1) is 5.92 Å². The second kappa shape index (κ2) is 5.49. The van der Waals surface area contributed by atoms with Crippen LogP contribution in [0.15, 0.2) is 29.2 Å². The molecule has 1 fully saturated rings. The summed E-state index contributed by atoms with van der Waals surface area (Å²) in [5, 5.41) is 0. The zero-order valence-corrected chi connectivity index (χ0v) is 12.3. The van der Waals surface area contributed by atoms with E-state index in [-0.39, 0.29) is 6.04 Å². The molecule has 1 saturated heterocycles. The van der Waals surface area contributed by atoms with Crippen LogP contribution in [-0.4, -0.2) is 33.1 Å². The van der Waals surface area contributed by atoms with E-state index in [0.29, 0.717) is 18.2 Å². The Bertz CT molecular complexity index is 599. The molecule has 21 heavy (non-hydrogen) atoms. The van der Waals surface area contributed by atoms with Crippen LogP contribution in [-0.2, 0) is 9.84 Å². The lowest BCUT2D eigenvalue weighted by atomic mass is 10.1. The third kappa shape index (κ3) is 3.01. The van der Waals surface area contributed by atoms with Gasteiger partial charge in [-0.3, -0.25) is 0 Å². The number of sulfone groups is 1. The largest absolute Gasteiger partial charge is 0.501 e. The van der Waals surface area contributed by atoms with Gasteiger partial charge in [-0.2, -0.15) is 13.2 Å². The predicted octanol–water partition coefficient (Wildman–Crippen LogP) is 2.15. The van der Waals surface area contributed by atoms with Crippen molar-refractivity contribution in [3.63, 3.8) is 0 Å². The highest BCUT2D eigenvalue weighted by Crippen LogP contribution is 2.33. The van der Waals surface area contributed by atoms with E-state index in [4.69, 9.17) is 5.73 Å². The number of nitrogens with two attached hydrogens (primary N) is 1. The number of anilines is 1. The Morgan fingerprint density at radius 3 is 2.29 bits per heavy atom. The summed E-state index contributed by atoms with van der Waals surface area (Å²) in [6, 6.07) is 5.05. The first-order valence-electron chi connectivity index (χ1n) is 6.55. The monoisotopic (exact) mass is 322 g/mol. The van der Waals surface area contributed by atoms with Crippen molar-refractivity contribution >= 4 is 15.5 Å². The standard InChI is InChI=1S/C13H17F3N2O2S/c1-9-6-10(7-17)8-18(9)11-2-4-12(5-3-11)21(19,20)13(14,15)16/h2-5,9-10H,6-8,17H2,1H3. The normalized spacial score (nSPS) is 23.6. The van der Waals surface area contributed by atoms with Gasteiger partial charge in [0.1, 0.15) is 0 Å². The van der Waals surface area contributed by atoms with Crippen molar-refractivity contribution in [3.05, 3.63) is 24.3 Å². The number of hydrogen-bond donors (Lipinski definition) is 1. The van der Waals surface area contributed by atoms with E-state index in [9.17, 15) is 21.6 Å². The Hall–Kier alpha value is -1.28. The molecule has 0 aliphatic carbocycles. The summed E-state index contributed by atoms with van der Waals surface area (Å²) in [6.07, 6.45) is 0.916. The molecule has 2 atom stereocenters. The number of halogens is 3. The first-order valence-corrected chi connectivity index (χ1v) is 8.03. The molecule has 0 saturated carbocycles. The zero-order valence-electron chi connectivity index (χ0n) is 11.5. The average molecular weight is 322 g/mol. The molecule has 4 nitrogen and oxygen atoms in total. The van der Waals surface area contributed by atoms with Crippen molar-refractivity contribution < 1.29 is 21.6 Å². The van der Waals surface area contributed by atoms with Gasteiger partial charge in [-0.25, -0.2) is 8.42 Å². The number of hydrogen-bond acceptors (Lipinski definition) is 4. The lowest BCUT2D eigenvalue weighted by Crippen LogP contribution is -2.27. The molecule has 1 aliphatic heterocycles. The van der Waals surface area contributed by atoms with Crippen LogP contribution < -0.4 is 10.6 Å². The third-order valence-electron chi connectivity index (χ3n) is 3.78. The summed E-state index contributed by atoms with van der Waals surface area (Å²) >= 11 is 0. The minimum atomic E-state index is -5.28. The molecule has 1 heterocycles. The van der Waals surface area contributed by atoms with E-state index < -0.39 is 20.2 Å². The van der Waals surface area contributed by atoms with Gasteiger partial charge in [0.15, 0.2) is 0 Å². The van der Waals surface area contributed by atoms with E-state index in [0.717, 1.165) is 25.1 Å². The smallest absolute Gasteiger partial charge is 0.368 e. The molecule has 0 spiro atoms. The molecule has 1 aliphatic rings. The summed E-state index contributed by atoms with van der Waals surface area (Å²) in [6.45, 7) is 3.29. The lowest BCUT2D eigenvalue weighted by molar-refractivity contribution is -0.0436. The van der Waals surface area contributed by atoms with Crippen molar-refractivity contribution in [2.75, 3.05) is 18.0 Å². The fraction of sp³-hybridized carbons (Fsp3) is 0.538. The Morgan fingerprint density at radius 2 is 1.86 bits per heavy atom. The van der Waals surface area contributed by atoms with Gasteiger partial charge in [-0.1, -0.05) is 0 Å². The molecule has 0 radical (unpaired) electrons. The molecule has 0 bridgehead atoms. The van der Waals surface area contributed by atoms with Crippen LogP contribution in [0.4, 0.5) is 18.9 Å². The maximum absolute atomic E-state index is 12.5. The first kappa shape index (κ1) is 16.1. The van der Waals surface area contributed by atoms with Crippen molar-refractivity contribution in [1.82, 2.24) is 0 Å². The summed E-state index contributed by atoms with van der Waals surface area (Å²) in [5.41, 5.74) is 1.06. The maximum atomic E-state index is 12.5. The van der Waals surface area contributed by atoms with Gasteiger partial charge in [0.05, 0.1) is 4.90 Å². The lowest BCUT2D eigenvalue weighted by Gasteiger charge is -2.24. The molecule has 2 rings (SSSR count). The third-order valence-corrected chi connectivity index (χ3v) is 5.28. The highest BCUT2D eigenvalue weighted by molar-refractivity contribution is 7.92. The van der Waals surface area contributed by atoms with E-state index in [2.05, 4.69) is 0 Å². The van der Waals surface area contributed by atoms with E-state index in [1.54, 1.807) is 0 Å². The Labute approximate surface area is 121 Å². The highest BCUT2D eigenvalue weighted by atomic mass is 32.2. The van der Waals surface area contributed by atoms with Crippen molar-refractivity contribution in [1.29, 1.82) is 0 Å². The summed E-state index contributed by atoms with van der Waals surface area (Å²) < 4.78 is 60.0. The van der Waals surface area contributed by atoms with Crippen LogP contribution in [0.3, 0.4) is 0 Å². The Balaban J connectivity index is 2.25. The summed E-state index contributed by atoms with van der Waals surface area (Å²) in [4.78, 5) is 1.29. The average Bonchev–Trinajstić information content (AvgIpc) is 2.79. The summed E-state index contributed by atoms with van der Waals surface area (Å²) in [5.74, 6) is 0.346. The van der Waals surface area contributed by atoms with Gasteiger partial charge < -0.3 is 10.6 Å². The first-order chi connectivity index (χ1) is 9.66. The molecule has 2 N–H and O–H groups in total. The Kier molecular flexibility index (Phi) is 4.21. The van der Waals surface area contributed by atoms with Gasteiger partial charge in [0.2, 0.25) is 0 Å². The van der Waals surface area contributed by atoms with Crippen LogP contribution in [0.1, 0.15) is 13.3 Å². The fourth-order valence-corrected chi connectivity index (χ4v) is 3.38. The molecule has 118 valence electrons. The number of alkyl halides is 3. The number of benzene rings is 1. The quantitative estimate of drug-likeness (QED) is 0.926. The molecule has 1 aromatic carbocycles. The van der Waals surface area contributed by atoms with Crippen molar-refractivity contribution in [2.24, 2.45) is 11.7 Å². The minimum Gasteiger partial charge on any atom is -0.368 e. The van der Waals surface area contributed by atoms with E-state index in [1.165, 1.54) is 12.1 Å². The number of nitrogens with zero attached hydrogens (tertiary/aromatic N) is 1. The highest BCUT2D eigenvalue weighted by Gasteiger charge is 2.46. The van der Waals surface area contributed by atoms with Crippen molar-refractivity contribution in [2.45, 2.75) is 29.8 Å². The van der Waals surface area contributed by atoms with Crippen LogP contribution in [0.2, 0.25) is 0 Å².